The highest BCUT2D eigenvalue weighted by molar-refractivity contribution is 7.92. The van der Waals surface area contributed by atoms with E-state index in [4.69, 9.17) is 5.26 Å². The van der Waals surface area contributed by atoms with Crippen LogP contribution < -0.4 is 0 Å². The highest BCUT2D eigenvalue weighted by Gasteiger charge is 2.38. The molecule has 92 valence electrons. The van der Waals surface area contributed by atoms with Gasteiger partial charge in [0.1, 0.15) is 5.75 Å². The zero-order valence-electron chi connectivity index (χ0n) is 10.3. The minimum Gasteiger partial charge on any atom is -0.227 e. The van der Waals surface area contributed by atoms with Gasteiger partial charge in [-0.1, -0.05) is 27.2 Å². The lowest BCUT2D eigenvalue weighted by molar-refractivity contribution is 0.237. The molecule has 0 bridgehead atoms. The molecular formula is C12H21NO2S. The number of nitrogens with zero attached hydrogens (tertiary/aromatic N) is 1. The summed E-state index contributed by atoms with van der Waals surface area (Å²) >= 11 is 0. The van der Waals surface area contributed by atoms with E-state index >= 15 is 0 Å². The first-order valence-electron chi connectivity index (χ1n) is 5.97. The number of nitriles is 1. The molecule has 0 radical (unpaired) electrons. The normalized spacial score (nSPS) is 31.3. The van der Waals surface area contributed by atoms with Crippen LogP contribution in [0.15, 0.2) is 0 Å². The third-order valence-corrected chi connectivity index (χ3v) is 5.68. The topological polar surface area (TPSA) is 57.9 Å². The summed E-state index contributed by atoms with van der Waals surface area (Å²) < 4.78 is 24.0. The second-order valence-electron chi connectivity index (χ2n) is 5.33. The fraction of sp³-hybridized carbons (Fsp3) is 0.917. The molecule has 0 N–H and O–H groups in total. The van der Waals surface area contributed by atoms with Crippen molar-refractivity contribution in [1.82, 2.24) is 0 Å². The minimum atomic E-state index is -3.22. The zero-order valence-corrected chi connectivity index (χ0v) is 11.1. The summed E-state index contributed by atoms with van der Waals surface area (Å²) in [5.74, 6) is 0.752. The van der Waals surface area contributed by atoms with E-state index in [9.17, 15) is 8.42 Å². The first kappa shape index (κ1) is 13.5. The van der Waals surface area contributed by atoms with Crippen molar-refractivity contribution in [2.24, 2.45) is 17.8 Å². The van der Waals surface area contributed by atoms with Crippen LogP contribution in [0, 0.1) is 29.1 Å². The fourth-order valence-electron chi connectivity index (χ4n) is 2.72. The highest BCUT2D eigenvalue weighted by atomic mass is 32.2. The van der Waals surface area contributed by atoms with Crippen LogP contribution in [0.25, 0.3) is 0 Å². The van der Waals surface area contributed by atoms with Gasteiger partial charge in [0.15, 0.2) is 9.84 Å². The van der Waals surface area contributed by atoms with Crippen molar-refractivity contribution in [1.29, 1.82) is 5.26 Å². The Morgan fingerprint density at radius 2 is 2.00 bits per heavy atom. The van der Waals surface area contributed by atoms with E-state index in [1.54, 1.807) is 6.07 Å². The summed E-state index contributed by atoms with van der Waals surface area (Å²) in [7, 11) is -3.22. The summed E-state index contributed by atoms with van der Waals surface area (Å²) in [4.78, 5) is 0. The molecule has 3 nitrogen and oxygen atoms in total. The molecule has 16 heavy (non-hydrogen) atoms. The summed E-state index contributed by atoms with van der Waals surface area (Å²) in [5, 5.41) is 8.30. The van der Waals surface area contributed by atoms with Gasteiger partial charge in [-0.15, -0.1) is 0 Å². The Kier molecular flexibility index (Phi) is 4.37. The summed E-state index contributed by atoms with van der Waals surface area (Å²) in [5.41, 5.74) is 0. The Labute approximate surface area is 98.8 Å². The van der Waals surface area contributed by atoms with E-state index in [-0.39, 0.29) is 16.9 Å². The molecule has 1 fully saturated rings. The van der Waals surface area contributed by atoms with Crippen LogP contribution in [0.1, 0.15) is 40.0 Å². The zero-order chi connectivity index (χ0) is 12.3. The lowest BCUT2D eigenvalue weighted by Gasteiger charge is -2.36. The Hall–Kier alpha value is -0.560. The van der Waals surface area contributed by atoms with Crippen LogP contribution in [0.2, 0.25) is 0 Å². The van der Waals surface area contributed by atoms with Crippen molar-refractivity contribution in [3.05, 3.63) is 0 Å². The van der Waals surface area contributed by atoms with Crippen molar-refractivity contribution < 1.29 is 8.42 Å². The standard InChI is InChI=1S/C12H21NO2S/c1-9(2)11-5-4-10(3)8-12(11)16(14,15)7-6-13/h9-12H,4-5,7-8H2,1-3H3/t10-,11+,12?/m1/s1. The van der Waals surface area contributed by atoms with Crippen LogP contribution in [0.3, 0.4) is 0 Å². The third-order valence-electron chi connectivity index (χ3n) is 3.69. The number of sulfone groups is 1. The average molecular weight is 243 g/mol. The second-order valence-corrected chi connectivity index (χ2v) is 7.55. The Morgan fingerprint density at radius 3 is 2.50 bits per heavy atom. The molecule has 1 saturated carbocycles. The van der Waals surface area contributed by atoms with E-state index < -0.39 is 9.84 Å². The molecule has 1 aliphatic carbocycles. The first-order chi connectivity index (χ1) is 7.38. The van der Waals surface area contributed by atoms with E-state index in [0.29, 0.717) is 11.8 Å². The highest BCUT2D eigenvalue weighted by Crippen LogP contribution is 2.37. The van der Waals surface area contributed by atoms with E-state index in [0.717, 1.165) is 19.3 Å². The second kappa shape index (κ2) is 5.18. The Morgan fingerprint density at radius 1 is 1.38 bits per heavy atom. The molecule has 4 heteroatoms. The number of rotatable bonds is 3. The third kappa shape index (κ3) is 2.98. The first-order valence-corrected chi connectivity index (χ1v) is 7.68. The molecule has 0 heterocycles. The molecule has 0 aliphatic heterocycles. The van der Waals surface area contributed by atoms with Gasteiger partial charge in [-0.3, -0.25) is 0 Å². The lowest BCUT2D eigenvalue weighted by Crippen LogP contribution is -2.39. The molecule has 0 aromatic rings. The van der Waals surface area contributed by atoms with Gasteiger partial charge in [0, 0.05) is 0 Å². The summed E-state index contributed by atoms with van der Waals surface area (Å²) in [6.45, 7) is 6.26. The molecule has 1 rings (SSSR count). The molecule has 1 aliphatic rings. The van der Waals surface area contributed by atoms with Gasteiger partial charge in [0.2, 0.25) is 0 Å². The van der Waals surface area contributed by atoms with Gasteiger partial charge in [-0.2, -0.15) is 5.26 Å². The SMILES string of the molecule is CC(C)[C@@H]1CC[C@@H](C)CC1S(=O)(=O)CC#N. The maximum Gasteiger partial charge on any atom is 0.166 e. The molecule has 3 atom stereocenters. The van der Waals surface area contributed by atoms with Crippen molar-refractivity contribution >= 4 is 9.84 Å². The van der Waals surface area contributed by atoms with Gasteiger partial charge in [0.05, 0.1) is 11.3 Å². The maximum absolute atomic E-state index is 12.0. The van der Waals surface area contributed by atoms with E-state index in [2.05, 4.69) is 20.8 Å². The quantitative estimate of drug-likeness (QED) is 0.764. The van der Waals surface area contributed by atoms with Crippen LogP contribution in [0.5, 0.6) is 0 Å². The van der Waals surface area contributed by atoms with Crippen LogP contribution in [-0.2, 0) is 9.84 Å². The smallest absolute Gasteiger partial charge is 0.166 e. The Bertz CT molecular complexity index is 367. The van der Waals surface area contributed by atoms with Gasteiger partial charge < -0.3 is 0 Å². The summed E-state index contributed by atoms with van der Waals surface area (Å²) in [6.07, 6.45) is 2.82. The number of hydrogen-bond donors (Lipinski definition) is 0. The molecule has 0 amide bonds. The fourth-order valence-corrected chi connectivity index (χ4v) is 4.72. The Balaban J connectivity index is 2.92. The monoisotopic (exact) mass is 243 g/mol. The van der Waals surface area contributed by atoms with Crippen molar-refractivity contribution in [3.8, 4) is 6.07 Å². The van der Waals surface area contributed by atoms with Gasteiger partial charge in [-0.05, 0) is 30.6 Å². The minimum absolute atomic E-state index is 0.231. The number of hydrogen-bond acceptors (Lipinski definition) is 3. The van der Waals surface area contributed by atoms with E-state index in [1.807, 2.05) is 0 Å². The van der Waals surface area contributed by atoms with Crippen molar-refractivity contribution in [2.75, 3.05) is 5.75 Å². The van der Waals surface area contributed by atoms with Crippen LogP contribution in [0.4, 0.5) is 0 Å². The summed E-state index contributed by atoms with van der Waals surface area (Å²) in [6, 6.07) is 1.79. The van der Waals surface area contributed by atoms with Gasteiger partial charge in [0.25, 0.3) is 0 Å². The van der Waals surface area contributed by atoms with Crippen molar-refractivity contribution in [2.45, 2.75) is 45.3 Å². The van der Waals surface area contributed by atoms with Crippen LogP contribution in [-0.4, -0.2) is 19.4 Å². The molecule has 0 saturated heterocycles. The molecule has 0 aromatic heterocycles. The predicted molar refractivity (Wildman–Crippen MR) is 64.5 cm³/mol. The molecule has 0 spiro atoms. The average Bonchev–Trinajstić information content (AvgIpc) is 2.17. The molecular weight excluding hydrogens is 222 g/mol. The lowest BCUT2D eigenvalue weighted by atomic mass is 9.77. The predicted octanol–water partition coefficient (Wildman–Crippen LogP) is 2.39. The maximum atomic E-state index is 12.0. The molecule has 0 aromatic carbocycles. The van der Waals surface area contributed by atoms with Gasteiger partial charge in [-0.25, -0.2) is 8.42 Å². The van der Waals surface area contributed by atoms with Crippen LogP contribution >= 0.6 is 0 Å². The molecule has 1 unspecified atom stereocenters. The van der Waals surface area contributed by atoms with E-state index in [1.165, 1.54) is 0 Å². The van der Waals surface area contributed by atoms with Gasteiger partial charge >= 0.3 is 0 Å². The largest absolute Gasteiger partial charge is 0.227 e. The van der Waals surface area contributed by atoms with Crippen molar-refractivity contribution in [3.63, 3.8) is 0 Å².